The molecule has 0 aromatic heterocycles. The number of piperidine rings is 1. The maximum atomic E-state index is 12.7. The van der Waals surface area contributed by atoms with Gasteiger partial charge in [0.15, 0.2) is 0 Å². The van der Waals surface area contributed by atoms with E-state index < -0.39 is 5.41 Å². The van der Waals surface area contributed by atoms with Crippen LogP contribution in [0, 0.1) is 5.41 Å². The van der Waals surface area contributed by atoms with Crippen molar-refractivity contribution in [2.75, 3.05) is 35.6 Å². The van der Waals surface area contributed by atoms with Gasteiger partial charge in [-0.3, -0.25) is 14.4 Å². The summed E-state index contributed by atoms with van der Waals surface area (Å²) in [6.45, 7) is 7.18. The van der Waals surface area contributed by atoms with E-state index in [9.17, 15) is 14.4 Å². The number of carbonyl (C=O) groups excluding carboxylic acids is 3. The van der Waals surface area contributed by atoms with Crippen LogP contribution < -0.4 is 16.0 Å². The molecule has 0 radical (unpaired) electrons. The first-order chi connectivity index (χ1) is 15.2. The van der Waals surface area contributed by atoms with Crippen LogP contribution in [-0.2, 0) is 9.59 Å². The monoisotopic (exact) mass is 436 g/mol. The molecule has 1 aliphatic rings. The number of amides is 3. The third kappa shape index (κ3) is 6.57. The Hall–Kier alpha value is -3.35. The molecule has 2 aromatic rings. The molecule has 2 aromatic carbocycles. The second-order valence-corrected chi connectivity index (χ2v) is 9.12. The first-order valence-corrected chi connectivity index (χ1v) is 11.1. The molecule has 1 heterocycles. The number of nitrogens with zero attached hydrogens (tertiary/aromatic N) is 1. The van der Waals surface area contributed by atoms with Crippen LogP contribution in [0.2, 0.25) is 0 Å². The third-order valence-electron chi connectivity index (χ3n) is 5.29. The summed E-state index contributed by atoms with van der Waals surface area (Å²) in [6, 6.07) is 14.3. The van der Waals surface area contributed by atoms with Crippen molar-refractivity contribution in [3.63, 3.8) is 0 Å². The summed E-state index contributed by atoms with van der Waals surface area (Å²) in [7, 11) is 0. The van der Waals surface area contributed by atoms with Gasteiger partial charge in [-0.05, 0) is 55.7 Å². The first kappa shape index (κ1) is 23.3. The zero-order valence-electron chi connectivity index (χ0n) is 19.0. The predicted molar refractivity (Wildman–Crippen MR) is 128 cm³/mol. The Bertz CT molecular complexity index is 975. The van der Waals surface area contributed by atoms with Crippen LogP contribution in [0.4, 0.5) is 17.1 Å². The highest BCUT2D eigenvalue weighted by Crippen LogP contribution is 2.20. The number of nitrogens with one attached hydrogen (secondary N) is 3. The van der Waals surface area contributed by atoms with Crippen molar-refractivity contribution in [3.8, 4) is 0 Å². The second-order valence-electron chi connectivity index (χ2n) is 9.12. The molecule has 0 spiro atoms. The van der Waals surface area contributed by atoms with Crippen LogP contribution in [0.15, 0.2) is 48.5 Å². The zero-order chi connectivity index (χ0) is 23.1. The van der Waals surface area contributed by atoms with E-state index >= 15 is 0 Å². The number of hydrogen-bond donors (Lipinski definition) is 3. The standard InChI is InChI=1S/C25H32N4O3/c1-25(2,3)24(32)28-21-12-8-10-19(16-21)26-17-22(30)27-20-11-7-9-18(15-20)23(31)29-13-5-4-6-14-29/h7-12,15-16,26H,4-6,13-14,17H2,1-3H3,(H,27,30)(H,28,32). The highest BCUT2D eigenvalue weighted by molar-refractivity contribution is 5.98. The Balaban J connectivity index is 1.55. The number of carbonyl (C=O) groups is 3. The van der Waals surface area contributed by atoms with Crippen LogP contribution in [0.5, 0.6) is 0 Å². The fraction of sp³-hybridized carbons (Fsp3) is 0.400. The lowest BCUT2D eigenvalue weighted by Crippen LogP contribution is -2.35. The molecule has 3 amide bonds. The number of benzene rings is 2. The summed E-state index contributed by atoms with van der Waals surface area (Å²) in [5.74, 6) is -0.295. The number of hydrogen-bond acceptors (Lipinski definition) is 4. The van der Waals surface area contributed by atoms with Crippen LogP contribution in [0.25, 0.3) is 0 Å². The van der Waals surface area contributed by atoms with Crippen molar-refractivity contribution in [2.24, 2.45) is 5.41 Å². The maximum Gasteiger partial charge on any atom is 0.253 e. The number of likely N-dealkylation sites (tertiary alicyclic amines) is 1. The van der Waals surface area contributed by atoms with E-state index in [-0.39, 0.29) is 24.3 Å². The fourth-order valence-corrected chi connectivity index (χ4v) is 3.42. The molecule has 7 nitrogen and oxygen atoms in total. The Labute approximate surface area is 189 Å². The van der Waals surface area contributed by atoms with Gasteiger partial charge in [0.05, 0.1) is 6.54 Å². The van der Waals surface area contributed by atoms with Crippen LogP contribution in [-0.4, -0.2) is 42.3 Å². The molecule has 170 valence electrons. The van der Waals surface area contributed by atoms with E-state index in [0.29, 0.717) is 16.9 Å². The lowest BCUT2D eigenvalue weighted by molar-refractivity contribution is -0.123. The Morgan fingerprint density at radius 1 is 0.844 bits per heavy atom. The van der Waals surface area contributed by atoms with Gasteiger partial charge in [-0.1, -0.05) is 32.9 Å². The maximum absolute atomic E-state index is 12.7. The van der Waals surface area contributed by atoms with Crippen molar-refractivity contribution in [1.82, 2.24) is 4.90 Å². The van der Waals surface area contributed by atoms with Crippen LogP contribution >= 0.6 is 0 Å². The Morgan fingerprint density at radius 2 is 1.47 bits per heavy atom. The number of rotatable bonds is 6. The SMILES string of the molecule is CC(C)(C)C(=O)Nc1cccc(NCC(=O)Nc2cccc(C(=O)N3CCCCC3)c2)c1. The van der Waals surface area contributed by atoms with Gasteiger partial charge in [-0.15, -0.1) is 0 Å². The van der Waals surface area contributed by atoms with E-state index in [2.05, 4.69) is 16.0 Å². The van der Waals surface area contributed by atoms with Gasteiger partial charge >= 0.3 is 0 Å². The summed E-state index contributed by atoms with van der Waals surface area (Å²) < 4.78 is 0. The highest BCUT2D eigenvalue weighted by atomic mass is 16.2. The van der Waals surface area contributed by atoms with Crippen molar-refractivity contribution in [3.05, 3.63) is 54.1 Å². The molecule has 0 unspecified atom stereocenters. The van der Waals surface area contributed by atoms with E-state index in [1.165, 1.54) is 6.42 Å². The summed E-state index contributed by atoms with van der Waals surface area (Å²) in [5.41, 5.74) is 2.07. The first-order valence-electron chi connectivity index (χ1n) is 11.1. The van der Waals surface area contributed by atoms with Gasteiger partial charge in [0.25, 0.3) is 5.91 Å². The molecule has 1 fully saturated rings. The van der Waals surface area contributed by atoms with Crippen molar-refractivity contribution in [2.45, 2.75) is 40.0 Å². The summed E-state index contributed by atoms with van der Waals surface area (Å²) in [4.78, 5) is 39.2. The molecule has 3 rings (SSSR count). The Kier molecular flexibility index (Phi) is 7.51. The molecular weight excluding hydrogens is 404 g/mol. The molecule has 3 N–H and O–H groups in total. The molecule has 0 saturated carbocycles. The van der Waals surface area contributed by atoms with Crippen LogP contribution in [0.1, 0.15) is 50.4 Å². The average molecular weight is 437 g/mol. The number of anilines is 3. The minimum Gasteiger partial charge on any atom is -0.376 e. The van der Waals surface area contributed by atoms with Gasteiger partial charge in [0, 0.05) is 41.1 Å². The quantitative estimate of drug-likeness (QED) is 0.628. The van der Waals surface area contributed by atoms with Crippen molar-refractivity contribution >= 4 is 34.8 Å². The molecule has 1 aliphatic heterocycles. The van der Waals surface area contributed by atoms with E-state index in [1.54, 1.807) is 36.4 Å². The second kappa shape index (κ2) is 10.3. The third-order valence-corrected chi connectivity index (χ3v) is 5.29. The smallest absolute Gasteiger partial charge is 0.253 e. The lowest BCUT2D eigenvalue weighted by Gasteiger charge is -2.26. The summed E-state index contributed by atoms with van der Waals surface area (Å²) >= 11 is 0. The minimum absolute atomic E-state index is 0.00745. The predicted octanol–water partition coefficient (Wildman–Crippen LogP) is 4.35. The fourth-order valence-electron chi connectivity index (χ4n) is 3.42. The molecule has 0 bridgehead atoms. The topological polar surface area (TPSA) is 90.5 Å². The van der Waals surface area contributed by atoms with Gasteiger partial charge in [0.2, 0.25) is 11.8 Å². The minimum atomic E-state index is -0.493. The Morgan fingerprint density at radius 3 is 2.16 bits per heavy atom. The van der Waals surface area contributed by atoms with Gasteiger partial charge in [0.1, 0.15) is 0 Å². The molecular formula is C25H32N4O3. The van der Waals surface area contributed by atoms with E-state index in [4.69, 9.17) is 0 Å². The molecule has 1 saturated heterocycles. The average Bonchev–Trinajstić information content (AvgIpc) is 2.77. The summed E-state index contributed by atoms with van der Waals surface area (Å²) in [5, 5.41) is 8.78. The summed E-state index contributed by atoms with van der Waals surface area (Å²) in [6.07, 6.45) is 3.24. The van der Waals surface area contributed by atoms with Crippen molar-refractivity contribution in [1.29, 1.82) is 0 Å². The van der Waals surface area contributed by atoms with E-state index in [1.807, 2.05) is 37.8 Å². The van der Waals surface area contributed by atoms with Crippen LogP contribution in [0.3, 0.4) is 0 Å². The van der Waals surface area contributed by atoms with E-state index in [0.717, 1.165) is 31.6 Å². The molecule has 7 heteroatoms. The highest BCUT2D eigenvalue weighted by Gasteiger charge is 2.21. The lowest BCUT2D eigenvalue weighted by atomic mass is 9.95. The molecule has 0 atom stereocenters. The normalized spacial score (nSPS) is 13.9. The van der Waals surface area contributed by atoms with Gasteiger partial charge < -0.3 is 20.9 Å². The zero-order valence-corrected chi connectivity index (χ0v) is 19.0. The van der Waals surface area contributed by atoms with Gasteiger partial charge in [-0.2, -0.15) is 0 Å². The molecule has 0 aliphatic carbocycles. The van der Waals surface area contributed by atoms with Crippen molar-refractivity contribution < 1.29 is 14.4 Å². The largest absolute Gasteiger partial charge is 0.376 e. The van der Waals surface area contributed by atoms with Gasteiger partial charge in [-0.25, -0.2) is 0 Å². The molecule has 32 heavy (non-hydrogen) atoms.